The van der Waals surface area contributed by atoms with Crippen molar-refractivity contribution in [2.45, 2.75) is 39.8 Å². The Morgan fingerprint density at radius 2 is 2.03 bits per heavy atom. The number of nitrogens with one attached hydrogen (secondary N) is 2. The van der Waals surface area contributed by atoms with Crippen LogP contribution in [0.5, 0.6) is 5.75 Å². The smallest absolute Gasteiger partial charge is 0.244 e. The first-order valence-corrected chi connectivity index (χ1v) is 9.59. The Morgan fingerprint density at radius 1 is 1.31 bits per heavy atom. The van der Waals surface area contributed by atoms with Crippen molar-refractivity contribution in [3.05, 3.63) is 52.3 Å². The standard InChI is InChI=1S/C21H27ClN4O3/c1-14-17(9-10-18(27)23-12-19(28)24-21(2,3)4)20(22)26(25-14)13-15-7-6-8-16(11-15)29-5/h6-11H,12-13H2,1-5H3,(H,23,27)(H,24,28)/b10-9+. The number of amides is 2. The monoisotopic (exact) mass is 418 g/mol. The maximum atomic E-state index is 12.0. The molecule has 0 radical (unpaired) electrons. The van der Waals surface area contributed by atoms with E-state index >= 15 is 0 Å². The molecule has 0 aliphatic rings. The van der Waals surface area contributed by atoms with Gasteiger partial charge in [-0.25, -0.2) is 4.68 Å². The van der Waals surface area contributed by atoms with Crippen molar-refractivity contribution in [1.29, 1.82) is 0 Å². The number of carbonyl (C=O) groups is 2. The second kappa shape index (κ2) is 9.60. The number of aryl methyl sites for hydroxylation is 1. The summed E-state index contributed by atoms with van der Waals surface area (Å²) in [7, 11) is 1.62. The van der Waals surface area contributed by atoms with E-state index in [9.17, 15) is 9.59 Å². The van der Waals surface area contributed by atoms with Gasteiger partial charge in [0.2, 0.25) is 11.8 Å². The summed E-state index contributed by atoms with van der Waals surface area (Å²) in [6.45, 7) is 7.83. The third-order valence-corrected chi connectivity index (χ3v) is 4.31. The van der Waals surface area contributed by atoms with Crippen LogP contribution in [0.2, 0.25) is 5.15 Å². The van der Waals surface area contributed by atoms with E-state index in [0.29, 0.717) is 23.0 Å². The zero-order valence-electron chi connectivity index (χ0n) is 17.4. The van der Waals surface area contributed by atoms with Crippen molar-refractivity contribution in [1.82, 2.24) is 20.4 Å². The van der Waals surface area contributed by atoms with Gasteiger partial charge in [-0.15, -0.1) is 0 Å². The van der Waals surface area contributed by atoms with E-state index in [0.717, 1.165) is 11.3 Å². The average Bonchev–Trinajstić information content (AvgIpc) is 2.90. The zero-order valence-corrected chi connectivity index (χ0v) is 18.1. The molecule has 0 fully saturated rings. The van der Waals surface area contributed by atoms with E-state index in [1.54, 1.807) is 17.9 Å². The Morgan fingerprint density at radius 3 is 2.69 bits per heavy atom. The normalized spacial score (nSPS) is 11.5. The molecule has 0 saturated heterocycles. The van der Waals surface area contributed by atoms with Crippen LogP contribution in [0.3, 0.4) is 0 Å². The number of halogens is 1. The molecular weight excluding hydrogens is 392 g/mol. The molecule has 2 N–H and O–H groups in total. The van der Waals surface area contributed by atoms with Gasteiger partial charge in [-0.2, -0.15) is 5.10 Å². The number of benzene rings is 1. The third-order valence-electron chi connectivity index (χ3n) is 3.91. The van der Waals surface area contributed by atoms with Crippen molar-refractivity contribution in [3.8, 4) is 5.75 Å². The van der Waals surface area contributed by atoms with Gasteiger partial charge in [-0.1, -0.05) is 23.7 Å². The molecule has 7 nitrogen and oxygen atoms in total. The molecule has 1 aromatic carbocycles. The van der Waals surface area contributed by atoms with Crippen LogP contribution in [0.25, 0.3) is 6.08 Å². The van der Waals surface area contributed by atoms with Gasteiger partial charge in [0.25, 0.3) is 0 Å². The molecule has 0 saturated carbocycles. The summed E-state index contributed by atoms with van der Waals surface area (Å²) in [5, 5.41) is 10.2. The van der Waals surface area contributed by atoms with Crippen LogP contribution < -0.4 is 15.4 Å². The van der Waals surface area contributed by atoms with Crippen LogP contribution in [0.1, 0.15) is 37.6 Å². The molecule has 1 heterocycles. The Labute approximate surface area is 176 Å². The summed E-state index contributed by atoms with van der Waals surface area (Å²) >= 11 is 6.46. The maximum Gasteiger partial charge on any atom is 0.244 e. The molecule has 0 aliphatic carbocycles. The fourth-order valence-corrected chi connectivity index (χ4v) is 2.95. The number of rotatable bonds is 7. The van der Waals surface area contributed by atoms with E-state index in [-0.39, 0.29) is 23.9 Å². The van der Waals surface area contributed by atoms with Crippen molar-refractivity contribution in [2.75, 3.05) is 13.7 Å². The number of ether oxygens (including phenoxy) is 1. The molecule has 29 heavy (non-hydrogen) atoms. The minimum atomic E-state index is -0.384. The second-order valence-electron chi connectivity index (χ2n) is 7.65. The lowest BCUT2D eigenvalue weighted by molar-refractivity contribution is -0.124. The molecule has 0 atom stereocenters. The highest BCUT2D eigenvalue weighted by atomic mass is 35.5. The van der Waals surface area contributed by atoms with Crippen LogP contribution in [0, 0.1) is 6.92 Å². The molecule has 0 aliphatic heterocycles. The molecule has 2 rings (SSSR count). The maximum absolute atomic E-state index is 12.0. The quantitative estimate of drug-likeness (QED) is 0.677. The fourth-order valence-electron chi connectivity index (χ4n) is 2.65. The van der Waals surface area contributed by atoms with Crippen LogP contribution >= 0.6 is 11.6 Å². The van der Waals surface area contributed by atoms with Crippen LogP contribution in [0.15, 0.2) is 30.3 Å². The van der Waals surface area contributed by atoms with Crippen LogP contribution in [0.4, 0.5) is 0 Å². The van der Waals surface area contributed by atoms with E-state index in [2.05, 4.69) is 15.7 Å². The van der Waals surface area contributed by atoms with Crippen molar-refractivity contribution < 1.29 is 14.3 Å². The molecule has 0 unspecified atom stereocenters. The number of methoxy groups -OCH3 is 1. The molecule has 0 spiro atoms. The number of hydrogen-bond donors (Lipinski definition) is 2. The summed E-state index contributed by atoms with van der Waals surface area (Å²) in [6, 6.07) is 7.65. The first-order valence-electron chi connectivity index (χ1n) is 9.22. The van der Waals surface area contributed by atoms with Crippen LogP contribution in [-0.2, 0) is 16.1 Å². The van der Waals surface area contributed by atoms with Gasteiger partial charge in [-0.05, 0) is 51.5 Å². The summed E-state index contributed by atoms with van der Waals surface area (Å²) in [5.41, 5.74) is 2.00. The topological polar surface area (TPSA) is 85.2 Å². The lowest BCUT2D eigenvalue weighted by Gasteiger charge is -2.20. The minimum absolute atomic E-state index is 0.0950. The number of nitrogens with zero attached hydrogens (tertiary/aromatic N) is 2. The van der Waals surface area contributed by atoms with Crippen LogP contribution in [-0.4, -0.2) is 40.8 Å². The number of carbonyl (C=O) groups excluding carboxylic acids is 2. The number of aromatic nitrogens is 2. The summed E-state index contributed by atoms with van der Waals surface area (Å²) < 4.78 is 6.90. The SMILES string of the molecule is COc1cccc(Cn2nc(C)c(/C=C/C(=O)NCC(=O)NC(C)(C)C)c2Cl)c1. The van der Waals surface area contributed by atoms with Gasteiger partial charge in [0, 0.05) is 17.2 Å². The second-order valence-corrected chi connectivity index (χ2v) is 8.01. The highest BCUT2D eigenvalue weighted by Crippen LogP contribution is 2.23. The Balaban J connectivity index is 2.02. The first-order chi connectivity index (χ1) is 13.6. The summed E-state index contributed by atoms with van der Waals surface area (Å²) in [5.74, 6) is 0.124. The molecule has 8 heteroatoms. The van der Waals surface area contributed by atoms with Gasteiger partial charge in [0.15, 0.2) is 0 Å². The average molecular weight is 419 g/mol. The molecular formula is C21H27ClN4O3. The number of hydrogen-bond acceptors (Lipinski definition) is 4. The van der Waals surface area contributed by atoms with Gasteiger partial charge >= 0.3 is 0 Å². The Hall–Kier alpha value is -2.80. The predicted molar refractivity (Wildman–Crippen MR) is 114 cm³/mol. The van der Waals surface area contributed by atoms with Gasteiger partial charge in [-0.3, -0.25) is 9.59 Å². The first kappa shape index (κ1) is 22.5. The largest absolute Gasteiger partial charge is 0.497 e. The zero-order chi connectivity index (χ0) is 21.6. The highest BCUT2D eigenvalue weighted by Gasteiger charge is 2.14. The Bertz CT molecular complexity index is 913. The van der Waals surface area contributed by atoms with E-state index in [1.165, 1.54) is 6.08 Å². The lowest BCUT2D eigenvalue weighted by Crippen LogP contribution is -2.45. The minimum Gasteiger partial charge on any atom is -0.497 e. The van der Waals surface area contributed by atoms with Gasteiger partial charge in [0.05, 0.1) is 25.9 Å². The summed E-state index contributed by atoms with van der Waals surface area (Å²) in [6.07, 6.45) is 2.94. The van der Waals surface area contributed by atoms with Gasteiger partial charge in [0.1, 0.15) is 10.9 Å². The predicted octanol–water partition coefficient (Wildman–Crippen LogP) is 2.95. The summed E-state index contributed by atoms with van der Waals surface area (Å²) in [4.78, 5) is 23.8. The molecule has 0 bridgehead atoms. The molecule has 156 valence electrons. The van der Waals surface area contributed by atoms with Crippen molar-refractivity contribution >= 4 is 29.5 Å². The third kappa shape index (κ3) is 6.94. The fraction of sp³-hybridized carbons (Fsp3) is 0.381. The van der Waals surface area contributed by atoms with Crippen molar-refractivity contribution in [2.24, 2.45) is 0 Å². The van der Waals surface area contributed by atoms with E-state index in [4.69, 9.17) is 16.3 Å². The Kier molecular flexibility index (Phi) is 7.45. The lowest BCUT2D eigenvalue weighted by atomic mass is 10.1. The molecule has 2 aromatic rings. The van der Waals surface area contributed by atoms with Crippen molar-refractivity contribution in [3.63, 3.8) is 0 Å². The molecule has 1 aromatic heterocycles. The van der Waals surface area contributed by atoms with E-state index in [1.807, 2.05) is 52.0 Å². The van der Waals surface area contributed by atoms with Gasteiger partial charge < -0.3 is 15.4 Å². The molecule has 2 amide bonds. The van der Waals surface area contributed by atoms with E-state index < -0.39 is 0 Å². The highest BCUT2D eigenvalue weighted by molar-refractivity contribution is 6.31.